The summed E-state index contributed by atoms with van der Waals surface area (Å²) in [6.45, 7) is 1.86. The van der Waals surface area contributed by atoms with Gasteiger partial charge < -0.3 is 5.32 Å². The smallest absolute Gasteiger partial charge is 0.241 e. The van der Waals surface area contributed by atoms with Crippen molar-refractivity contribution in [1.82, 2.24) is 4.98 Å². The Labute approximate surface area is 159 Å². The van der Waals surface area contributed by atoms with Gasteiger partial charge >= 0.3 is 0 Å². The summed E-state index contributed by atoms with van der Waals surface area (Å²) in [7, 11) is 0. The molecule has 7 heteroatoms. The fourth-order valence-electron chi connectivity index (χ4n) is 3.17. The molecule has 1 unspecified atom stereocenters. The number of aromatic nitrogens is 1. The van der Waals surface area contributed by atoms with Crippen molar-refractivity contribution in [3.63, 3.8) is 0 Å². The number of para-hydroxylation sites is 1. The lowest BCUT2D eigenvalue weighted by molar-refractivity contribution is -0.124. The molecule has 1 atom stereocenters. The van der Waals surface area contributed by atoms with E-state index in [0.717, 1.165) is 5.69 Å². The molecule has 2 amide bonds. The zero-order valence-electron chi connectivity index (χ0n) is 14.5. The predicted octanol–water partition coefficient (Wildman–Crippen LogP) is 4.38. The number of hydrogen-bond acceptors (Lipinski definition) is 4. The molecule has 1 N–H and O–H groups in total. The lowest BCUT2D eigenvalue weighted by Gasteiger charge is -2.29. The van der Waals surface area contributed by atoms with Gasteiger partial charge in [0.15, 0.2) is 5.13 Å². The van der Waals surface area contributed by atoms with Crippen molar-refractivity contribution in [3.05, 3.63) is 71.0 Å². The van der Waals surface area contributed by atoms with Crippen molar-refractivity contribution >= 4 is 39.7 Å². The number of halogens is 1. The van der Waals surface area contributed by atoms with Gasteiger partial charge in [-0.25, -0.2) is 9.37 Å². The molecule has 2 aromatic carbocycles. The first kappa shape index (κ1) is 17.4. The van der Waals surface area contributed by atoms with Gasteiger partial charge in [-0.1, -0.05) is 24.3 Å². The van der Waals surface area contributed by atoms with E-state index in [4.69, 9.17) is 0 Å². The first-order chi connectivity index (χ1) is 13.0. The minimum atomic E-state index is -0.709. The highest BCUT2D eigenvalue weighted by atomic mass is 32.1. The number of fused-ring (bicyclic) bond motifs is 1. The highest BCUT2D eigenvalue weighted by Gasteiger charge is 2.35. The molecule has 27 heavy (non-hydrogen) atoms. The Morgan fingerprint density at radius 3 is 2.74 bits per heavy atom. The number of thiazole rings is 1. The average molecular weight is 381 g/mol. The van der Waals surface area contributed by atoms with Crippen molar-refractivity contribution in [3.8, 4) is 0 Å². The van der Waals surface area contributed by atoms with Crippen molar-refractivity contribution < 1.29 is 14.0 Å². The van der Waals surface area contributed by atoms with E-state index < -0.39 is 11.7 Å². The third-order valence-corrected chi connectivity index (χ3v) is 5.33. The number of rotatable bonds is 3. The molecule has 136 valence electrons. The number of aryl methyl sites for hydroxylation is 1. The number of carbonyl (C=O) groups excluding carboxylic acids is 2. The second-order valence-corrected chi connectivity index (χ2v) is 7.15. The fraction of sp³-hybridized carbons (Fsp3) is 0.150. The van der Waals surface area contributed by atoms with E-state index in [1.54, 1.807) is 6.07 Å². The fourth-order valence-corrected chi connectivity index (χ4v) is 3.99. The standard InChI is InChI=1S/C20H16FN3O2S/c1-12-11-27-20(22-12)24(14-5-3-2-4-6-14)19(26)16-10-18(25)23-17-9-13(21)7-8-15(16)17/h2-9,11,16H,10H2,1H3,(H,23,25). The summed E-state index contributed by atoms with van der Waals surface area (Å²) in [4.78, 5) is 31.6. The minimum Gasteiger partial charge on any atom is -0.326 e. The van der Waals surface area contributed by atoms with Gasteiger partial charge in [0, 0.05) is 17.5 Å². The van der Waals surface area contributed by atoms with Crippen LogP contribution < -0.4 is 10.2 Å². The summed E-state index contributed by atoms with van der Waals surface area (Å²) in [5.41, 5.74) is 2.43. The van der Waals surface area contributed by atoms with E-state index in [1.165, 1.54) is 28.4 Å². The molecule has 1 aromatic heterocycles. The molecule has 0 spiro atoms. The van der Waals surface area contributed by atoms with Crippen molar-refractivity contribution in [2.45, 2.75) is 19.3 Å². The van der Waals surface area contributed by atoms with Crippen LogP contribution in [0.3, 0.4) is 0 Å². The maximum atomic E-state index is 13.6. The molecule has 3 aromatic rings. The van der Waals surface area contributed by atoms with Crippen LogP contribution in [0.1, 0.15) is 23.6 Å². The Morgan fingerprint density at radius 2 is 2.04 bits per heavy atom. The van der Waals surface area contributed by atoms with E-state index in [-0.39, 0.29) is 18.2 Å². The minimum absolute atomic E-state index is 0.00512. The number of carbonyl (C=O) groups is 2. The Bertz CT molecular complexity index is 1020. The molecule has 2 heterocycles. The molecule has 0 bridgehead atoms. The second-order valence-electron chi connectivity index (χ2n) is 6.32. The molecule has 0 aliphatic carbocycles. The van der Waals surface area contributed by atoms with Gasteiger partial charge in [0.05, 0.1) is 17.3 Å². The van der Waals surface area contributed by atoms with Crippen LogP contribution in [0.15, 0.2) is 53.9 Å². The van der Waals surface area contributed by atoms with Crippen LogP contribution in [-0.2, 0) is 9.59 Å². The summed E-state index contributed by atoms with van der Waals surface area (Å²) >= 11 is 1.36. The first-order valence-electron chi connectivity index (χ1n) is 8.43. The lowest BCUT2D eigenvalue weighted by Crippen LogP contribution is -2.36. The van der Waals surface area contributed by atoms with Gasteiger partial charge in [0.25, 0.3) is 0 Å². The molecule has 5 nitrogen and oxygen atoms in total. The third-order valence-electron chi connectivity index (χ3n) is 4.39. The van der Waals surface area contributed by atoms with Gasteiger partial charge in [-0.2, -0.15) is 0 Å². The highest BCUT2D eigenvalue weighted by Crippen LogP contribution is 2.38. The Balaban J connectivity index is 1.80. The molecule has 0 saturated heterocycles. The van der Waals surface area contributed by atoms with Crippen molar-refractivity contribution in [2.24, 2.45) is 0 Å². The van der Waals surface area contributed by atoms with Crippen LogP contribution in [0.2, 0.25) is 0 Å². The number of nitrogens with one attached hydrogen (secondary N) is 1. The summed E-state index contributed by atoms with van der Waals surface area (Å²) < 4.78 is 13.6. The van der Waals surface area contributed by atoms with E-state index >= 15 is 0 Å². The van der Waals surface area contributed by atoms with Gasteiger partial charge in [-0.3, -0.25) is 14.5 Å². The van der Waals surface area contributed by atoms with Gasteiger partial charge in [0.1, 0.15) is 5.82 Å². The highest BCUT2D eigenvalue weighted by molar-refractivity contribution is 7.14. The Hall–Kier alpha value is -3.06. The third kappa shape index (κ3) is 3.33. The van der Waals surface area contributed by atoms with Crippen molar-refractivity contribution in [1.29, 1.82) is 0 Å². The summed E-state index contributed by atoms with van der Waals surface area (Å²) in [5, 5.41) is 5.06. The zero-order valence-corrected chi connectivity index (χ0v) is 15.3. The van der Waals surface area contributed by atoms with E-state index in [1.807, 2.05) is 42.6 Å². The second kappa shape index (κ2) is 6.92. The SMILES string of the molecule is Cc1csc(N(C(=O)C2CC(=O)Nc3cc(F)ccc32)c2ccccc2)n1. The zero-order chi connectivity index (χ0) is 19.0. The summed E-state index contributed by atoms with van der Waals surface area (Å²) in [6, 6.07) is 13.3. The van der Waals surface area contributed by atoms with Crippen molar-refractivity contribution in [2.75, 3.05) is 10.2 Å². The number of hydrogen-bond donors (Lipinski definition) is 1. The normalized spacial score (nSPS) is 15.8. The number of nitrogens with zero attached hydrogens (tertiary/aromatic N) is 2. The molecule has 0 radical (unpaired) electrons. The molecule has 4 rings (SSSR count). The van der Waals surface area contributed by atoms with Crippen LogP contribution in [0.25, 0.3) is 0 Å². The van der Waals surface area contributed by atoms with E-state index in [9.17, 15) is 14.0 Å². The largest absolute Gasteiger partial charge is 0.326 e. The summed E-state index contributed by atoms with van der Waals surface area (Å²) in [5.74, 6) is -1.75. The topological polar surface area (TPSA) is 62.3 Å². The monoisotopic (exact) mass is 381 g/mol. The van der Waals surface area contributed by atoms with Crippen LogP contribution >= 0.6 is 11.3 Å². The molecular formula is C20H16FN3O2S. The number of anilines is 3. The average Bonchev–Trinajstić information content (AvgIpc) is 3.07. The molecular weight excluding hydrogens is 365 g/mol. The van der Waals surface area contributed by atoms with Gasteiger partial charge in [0.2, 0.25) is 11.8 Å². The lowest BCUT2D eigenvalue weighted by atomic mass is 9.89. The van der Waals surface area contributed by atoms with Crippen LogP contribution in [0, 0.1) is 12.7 Å². The Kier molecular flexibility index (Phi) is 4.45. The maximum absolute atomic E-state index is 13.6. The molecule has 0 fully saturated rings. The van der Waals surface area contributed by atoms with Gasteiger partial charge in [-0.15, -0.1) is 11.3 Å². The quantitative estimate of drug-likeness (QED) is 0.732. The van der Waals surface area contributed by atoms with E-state index in [0.29, 0.717) is 22.1 Å². The Morgan fingerprint density at radius 1 is 1.26 bits per heavy atom. The first-order valence-corrected chi connectivity index (χ1v) is 9.31. The molecule has 0 saturated carbocycles. The van der Waals surface area contributed by atoms with Crippen LogP contribution in [-0.4, -0.2) is 16.8 Å². The number of amides is 2. The number of benzene rings is 2. The molecule has 1 aliphatic rings. The van der Waals surface area contributed by atoms with Gasteiger partial charge in [-0.05, 0) is 36.8 Å². The van der Waals surface area contributed by atoms with Crippen LogP contribution in [0.5, 0.6) is 0 Å². The molecule has 1 aliphatic heterocycles. The summed E-state index contributed by atoms with van der Waals surface area (Å²) in [6.07, 6.45) is 0.00512. The maximum Gasteiger partial charge on any atom is 0.241 e. The van der Waals surface area contributed by atoms with E-state index in [2.05, 4.69) is 10.3 Å². The predicted molar refractivity (Wildman–Crippen MR) is 103 cm³/mol. The van der Waals surface area contributed by atoms with Crippen LogP contribution in [0.4, 0.5) is 20.9 Å².